The first kappa shape index (κ1) is 19.6. The minimum atomic E-state index is -2.64. The molecule has 1 saturated heterocycles. The predicted octanol–water partition coefficient (Wildman–Crippen LogP) is 5.48. The average molecular weight is 439 g/mol. The van der Waals surface area contributed by atoms with Crippen LogP contribution in [-0.4, -0.2) is 33.9 Å². The number of fused-ring (bicyclic) bond motifs is 1. The number of rotatable bonds is 5. The number of aromatic nitrogens is 3. The van der Waals surface area contributed by atoms with Gasteiger partial charge in [0.25, 0.3) is 12.3 Å². The maximum absolute atomic E-state index is 13.9. The summed E-state index contributed by atoms with van der Waals surface area (Å²) in [5.41, 5.74) is 2.44. The van der Waals surface area contributed by atoms with Gasteiger partial charge >= 0.3 is 0 Å². The molecule has 0 spiro atoms. The standard InChI is InChI=1S/C22H19F2N5OS/c23-19(24)16-12-13(29-9-1-2-10-29)6-7-14(16)20-26-17-5-3-4-15(18(17)27-20)21(30)28-22-25-8-11-31-22/h3-8,11-12,19H,1-2,9-10H2,(H,26,27)(H,25,28,30). The van der Waals surface area contributed by atoms with Crippen LogP contribution in [0.3, 0.4) is 0 Å². The molecule has 1 aliphatic rings. The number of carbonyl (C=O) groups excluding carboxylic acids is 1. The molecule has 0 aliphatic carbocycles. The maximum Gasteiger partial charge on any atom is 0.264 e. The van der Waals surface area contributed by atoms with Gasteiger partial charge in [0, 0.05) is 41.5 Å². The summed E-state index contributed by atoms with van der Waals surface area (Å²) in [7, 11) is 0. The normalized spacial score (nSPS) is 14.0. The second kappa shape index (κ2) is 8.07. The van der Waals surface area contributed by atoms with Gasteiger partial charge in [-0.05, 0) is 43.2 Å². The number of imidazole rings is 1. The van der Waals surface area contributed by atoms with E-state index in [2.05, 4.69) is 25.2 Å². The molecule has 6 nitrogen and oxygen atoms in total. The lowest BCUT2D eigenvalue weighted by molar-refractivity contribution is 0.102. The first-order chi connectivity index (χ1) is 15.1. The number of para-hydroxylation sites is 1. The van der Waals surface area contributed by atoms with Gasteiger partial charge in [-0.3, -0.25) is 10.1 Å². The lowest BCUT2D eigenvalue weighted by Crippen LogP contribution is -2.17. The van der Waals surface area contributed by atoms with E-state index in [1.54, 1.807) is 41.9 Å². The fourth-order valence-electron chi connectivity index (χ4n) is 3.91. The molecule has 1 amide bonds. The Kier molecular flexibility index (Phi) is 5.11. The summed E-state index contributed by atoms with van der Waals surface area (Å²) in [6.07, 6.45) is 1.10. The Morgan fingerprint density at radius 3 is 2.77 bits per heavy atom. The van der Waals surface area contributed by atoms with Gasteiger partial charge in [-0.15, -0.1) is 11.3 Å². The number of benzene rings is 2. The minimum Gasteiger partial charge on any atom is -0.372 e. The zero-order chi connectivity index (χ0) is 21.4. The number of nitrogens with zero attached hydrogens (tertiary/aromatic N) is 3. The molecule has 0 saturated carbocycles. The first-order valence-corrected chi connectivity index (χ1v) is 10.8. The predicted molar refractivity (Wildman–Crippen MR) is 118 cm³/mol. The van der Waals surface area contributed by atoms with E-state index in [1.807, 2.05) is 6.07 Å². The highest BCUT2D eigenvalue weighted by molar-refractivity contribution is 7.13. The molecule has 2 N–H and O–H groups in total. The fraction of sp³-hybridized carbons (Fsp3) is 0.227. The number of hydrogen-bond acceptors (Lipinski definition) is 5. The van der Waals surface area contributed by atoms with Crippen LogP contribution in [0.2, 0.25) is 0 Å². The van der Waals surface area contributed by atoms with Crippen molar-refractivity contribution in [3.05, 3.63) is 59.1 Å². The Labute approximate surface area is 181 Å². The molecule has 3 heterocycles. The van der Waals surface area contributed by atoms with Gasteiger partial charge in [-0.2, -0.15) is 0 Å². The fourth-order valence-corrected chi connectivity index (χ4v) is 4.43. The number of thiazole rings is 1. The summed E-state index contributed by atoms with van der Waals surface area (Å²) >= 11 is 1.31. The Bertz CT molecular complexity index is 1230. The average Bonchev–Trinajstić information content (AvgIpc) is 3.54. The van der Waals surface area contributed by atoms with E-state index in [4.69, 9.17) is 0 Å². The van der Waals surface area contributed by atoms with Crippen molar-refractivity contribution in [1.29, 1.82) is 0 Å². The number of halogens is 2. The van der Waals surface area contributed by atoms with Crippen LogP contribution in [0.15, 0.2) is 48.0 Å². The molecule has 0 bridgehead atoms. The minimum absolute atomic E-state index is 0.0720. The van der Waals surface area contributed by atoms with Crippen LogP contribution in [-0.2, 0) is 0 Å². The van der Waals surface area contributed by atoms with Gasteiger partial charge in [-0.1, -0.05) is 6.07 Å². The van der Waals surface area contributed by atoms with Crippen molar-refractivity contribution in [1.82, 2.24) is 15.0 Å². The summed E-state index contributed by atoms with van der Waals surface area (Å²) in [6.45, 7) is 1.76. The molecular weight excluding hydrogens is 420 g/mol. The van der Waals surface area contributed by atoms with Crippen LogP contribution in [0.4, 0.5) is 19.6 Å². The number of carbonyl (C=O) groups is 1. The molecule has 2 aromatic heterocycles. The highest BCUT2D eigenvalue weighted by Gasteiger charge is 2.22. The topological polar surface area (TPSA) is 73.9 Å². The van der Waals surface area contributed by atoms with Crippen molar-refractivity contribution < 1.29 is 13.6 Å². The van der Waals surface area contributed by atoms with E-state index in [0.29, 0.717) is 33.1 Å². The monoisotopic (exact) mass is 439 g/mol. The van der Waals surface area contributed by atoms with Crippen LogP contribution in [0.25, 0.3) is 22.4 Å². The molecule has 1 aliphatic heterocycles. The summed E-state index contributed by atoms with van der Waals surface area (Å²) < 4.78 is 27.8. The zero-order valence-corrected chi connectivity index (χ0v) is 17.3. The van der Waals surface area contributed by atoms with E-state index >= 15 is 0 Å². The summed E-state index contributed by atoms with van der Waals surface area (Å²) in [5, 5.41) is 4.98. The lowest BCUT2D eigenvalue weighted by Gasteiger charge is -2.19. The molecule has 2 aromatic carbocycles. The number of amides is 1. The van der Waals surface area contributed by atoms with Gasteiger partial charge < -0.3 is 9.88 Å². The number of hydrogen-bond donors (Lipinski definition) is 2. The molecule has 4 aromatic rings. The van der Waals surface area contributed by atoms with Crippen LogP contribution in [0.1, 0.15) is 35.2 Å². The second-order valence-corrected chi connectivity index (χ2v) is 8.24. The number of aromatic amines is 1. The van der Waals surface area contributed by atoms with Crippen molar-refractivity contribution in [2.75, 3.05) is 23.3 Å². The Hall–Kier alpha value is -3.33. The van der Waals surface area contributed by atoms with Crippen LogP contribution in [0, 0.1) is 0 Å². The highest BCUT2D eigenvalue weighted by atomic mass is 32.1. The Morgan fingerprint density at radius 1 is 1.19 bits per heavy atom. The smallest absolute Gasteiger partial charge is 0.264 e. The van der Waals surface area contributed by atoms with Crippen molar-refractivity contribution >= 4 is 39.1 Å². The van der Waals surface area contributed by atoms with Crippen molar-refractivity contribution in [3.63, 3.8) is 0 Å². The molecule has 158 valence electrons. The molecule has 9 heteroatoms. The van der Waals surface area contributed by atoms with Crippen LogP contribution < -0.4 is 10.2 Å². The SMILES string of the molecule is O=C(Nc1nccs1)c1cccc2[nH]c(-c3ccc(N4CCCC4)cc3C(F)F)nc12. The molecule has 0 atom stereocenters. The molecule has 31 heavy (non-hydrogen) atoms. The van der Waals surface area contributed by atoms with Gasteiger partial charge in [0.1, 0.15) is 11.3 Å². The molecule has 0 unspecified atom stereocenters. The highest BCUT2D eigenvalue weighted by Crippen LogP contribution is 2.35. The third-order valence-electron chi connectivity index (χ3n) is 5.41. The van der Waals surface area contributed by atoms with E-state index in [1.165, 1.54) is 11.3 Å². The van der Waals surface area contributed by atoms with Crippen molar-refractivity contribution in [2.24, 2.45) is 0 Å². The Morgan fingerprint density at radius 2 is 2.03 bits per heavy atom. The van der Waals surface area contributed by atoms with E-state index in [-0.39, 0.29) is 11.5 Å². The molecule has 5 rings (SSSR count). The van der Waals surface area contributed by atoms with Crippen LogP contribution >= 0.6 is 11.3 Å². The summed E-state index contributed by atoms with van der Waals surface area (Å²) in [5.74, 6) is -0.0372. The van der Waals surface area contributed by atoms with Crippen molar-refractivity contribution in [2.45, 2.75) is 19.3 Å². The van der Waals surface area contributed by atoms with Gasteiger partial charge in [-0.25, -0.2) is 18.7 Å². The Balaban J connectivity index is 1.54. The second-order valence-electron chi connectivity index (χ2n) is 7.34. The largest absolute Gasteiger partial charge is 0.372 e. The third kappa shape index (κ3) is 3.76. The lowest BCUT2D eigenvalue weighted by atomic mass is 10.1. The van der Waals surface area contributed by atoms with Gasteiger partial charge in [0.15, 0.2) is 5.13 Å². The number of nitrogens with one attached hydrogen (secondary N) is 2. The summed E-state index contributed by atoms with van der Waals surface area (Å²) in [4.78, 5) is 26.5. The van der Waals surface area contributed by atoms with E-state index < -0.39 is 6.43 Å². The van der Waals surface area contributed by atoms with Crippen LogP contribution in [0.5, 0.6) is 0 Å². The quantitative estimate of drug-likeness (QED) is 0.432. The molecule has 0 radical (unpaired) electrons. The first-order valence-electron chi connectivity index (χ1n) is 9.97. The number of H-pyrrole nitrogens is 1. The maximum atomic E-state index is 13.9. The third-order valence-corrected chi connectivity index (χ3v) is 6.10. The van der Waals surface area contributed by atoms with Gasteiger partial charge in [0.05, 0.1) is 11.1 Å². The summed E-state index contributed by atoms with van der Waals surface area (Å²) in [6, 6.07) is 10.2. The zero-order valence-electron chi connectivity index (χ0n) is 16.4. The van der Waals surface area contributed by atoms with E-state index in [9.17, 15) is 13.6 Å². The number of anilines is 2. The van der Waals surface area contributed by atoms with Crippen molar-refractivity contribution in [3.8, 4) is 11.4 Å². The molecular formula is C22H19F2N5OS. The van der Waals surface area contributed by atoms with E-state index in [0.717, 1.165) is 31.6 Å². The molecule has 1 fully saturated rings. The number of alkyl halides is 2. The van der Waals surface area contributed by atoms with Gasteiger partial charge in [0.2, 0.25) is 0 Å².